The molecule has 0 aliphatic carbocycles. The second-order valence-corrected chi connectivity index (χ2v) is 3.19. The fourth-order valence-electron chi connectivity index (χ4n) is 1.67. The number of nitrogens with zero attached hydrogens (tertiary/aromatic N) is 1. The molecule has 2 aromatic rings. The van der Waals surface area contributed by atoms with Crippen molar-refractivity contribution in [3.05, 3.63) is 30.6 Å². The van der Waals surface area contributed by atoms with Crippen molar-refractivity contribution in [2.45, 2.75) is 0 Å². The Balaban J connectivity index is 2.34. The van der Waals surface area contributed by atoms with Gasteiger partial charge in [0.25, 0.3) is 0 Å². The zero-order valence-corrected chi connectivity index (χ0v) is 7.56. The highest BCUT2D eigenvalue weighted by atomic mass is 16.6. The first-order valence-corrected chi connectivity index (χ1v) is 4.57. The van der Waals surface area contributed by atoms with Gasteiger partial charge in [-0.05, 0) is 17.5 Å². The Bertz CT molecular complexity index is 482. The monoisotopic (exact) mass is 187 g/mol. The summed E-state index contributed by atoms with van der Waals surface area (Å²) in [5.41, 5.74) is 0. The molecule has 1 aliphatic rings. The van der Waals surface area contributed by atoms with E-state index in [1.807, 2.05) is 24.4 Å². The van der Waals surface area contributed by atoms with Crippen molar-refractivity contribution in [3.8, 4) is 11.5 Å². The number of fused-ring (bicyclic) bond motifs is 3. The maximum atomic E-state index is 5.57. The first-order valence-electron chi connectivity index (χ1n) is 4.57. The highest BCUT2D eigenvalue weighted by Crippen LogP contribution is 2.36. The quantitative estimate of drug-likeness (QED) is 0.632. The SMILES string of the molecule is c1cc2ccc3c(c2cn1)OCCO3. The smallest absolute Gasteiger partial charge is 0.170 e. The van der Waals surface area contributed by atoms with Crippen molar-refractivity contribution in [3.63, 3.8) is 0 Å². The number of rotatable bonds is 0. The molecule has 2 heterocycles. The van der Waals surface area contributed by atoms with Crippen molar-refractivity contribution >= 4 is 10.8 Å². The number of hydrogen-bond acceptors (Lipinski definition) is 3. The van der Waals surface area contributed by atoms with Gasteiger partial charge in [-0.15, -0.1) is 0 Å². The van der Waals surface area contributed by atoms with Gasteiger partial charge in [-0.3, -0.25) is 4.98 Å². The van der Waals surface area contributed by atoms with Crippen LogP contribution in [0.25, 0.3) is 10.8 Å². The van der Waals surface area contributed by atoms with Gasteiger partial charge in [0, 0.05) is 17.8 Å². The Morgan fingerprint density at radius 2 is 2.00 bits per heavy atom. The summed E-state index contributed by atoms with van der Waals surface area (Å²) in [6.07, 6.45) is 3.58. The maximum Gasteiger partial charge on any atom is 0.170 e. The first-order chi connectivity index (χ1) is 6.95. The molecular weight excluding hydrogens is 178 g/mol. The number of aromatic nitrogens is 1. The summed E-state index contributed by atoms with van der Waals surface area (Å²) in [5.74, 6) is 1.64. The van der Waals surface area contributed by atoms with E-state index in [1.165, 1.54) is 0 Å². The Labute approximate surface area is 81.3 Å². The predicted octanol–water partition coefficient (Wildman–Crippen LogP) is 2.01. The van der Waals surface area contributed by atoms with Gasteiger partial charge in [-0.2, -0.15) is 0 Å². The van der Waals surface area contributed by atoms with E-state index in [0.29, 0.717) is 13.2 Å². The molecule has 0 atom stereocenters. The zero-order chi connectivity index (χ0) is 9.38. The Hall–Kier alpha value is -1.77. The van der Waals surface area contributed by atoms with Crippen molar-refractivity contribution < 1.29 is 9.47 Å². The third-order valence-corrected chi connectivity index (χ3v) is 2.32. The molecule has 3 nitrogen and oxygen atoms in total. The molecule has 3 heteroatoms. The molecule has 1 aromatic carbocycles. The fraction of sp³-hybridized carbons (Fsp3) is 0.182. The Morgan fingerprint density at radius 3 is 3.00 bits per heavy atom. The predicted molar refractivity (Wildman–Crippen MR) is 52.7 cm³/mol. The van der Waals surface area contributed by atoms with E-state index < -0.39 is 0 Å². The van der Waals surface area contributed by atoms with E-state index in [2.05, 4.69) is 4.98 Å². The topological polar surface area (TPSA) is 31.4 Å². The molecule has 1 aliphatic heterocycles. The molecule has 70 valence electrons. The Morgan fingerprint density at radius 1 is 1.07 bits per heavy atom. The first kappa shape index (κ1) is 7.62. The van der Waals surface area contributed by atoms with Crippen molar-refractivity contribution in [2.75, 3.05) is 13.2 Å². The van der Waals surface area contributed by atoms with Crippen LogP contribution in [0, 0.1) is 0 Å². The van der Waals surface area contributed by atoms with Gasteiger partial charge in [0.1, 0.15) is 13.2 Å². The third kappa shape index (κ3) is 1.02. The van der Waals surface area contributed by atoms with Gasteiger partial charge in [0.2, 0.25) is 0 Å². The molecule has 0 radical (unpaired) electrons. The Kier molecular flexibility index (Phi) is 1.56. The molecule has 0 amide bonds. The van der Waals surface area contributed by atoms with Gasteiger partial charge in [-0.25, -0.2) is 0 Å². The molecule has 0 unspecified atom stereocenters. The largest absolute Gasteiger partial charge is 0.486 e. The van der Waals surface area contributed by atoms with E-state index in [9.17, 15) is 0 Å². The molecule has 0 N–H and O–H groups in total. The lowest BCUT2D eigenvalue weighted by atomic mass is 10.1. The summed E-state index contributed by atoms with van der Waals surface area (Å²) in [5, 5.41) is 2.15. The summed E-state index contributed by atoms with van der Waals surface area (Å²) in [4.78, 5) is 4.09. The van der Waals surface area contributed by atoms with Crippen molar-refractivity contribution in [2.24, 2.45) is 0 Å². The summed E-state index contributed by atoms with van der Waals surface area (Å²) >= 11 is 0. The molecule has 14 heavy (non-hydrogen) atoms. The van der Waals surface area contributed by atoms with Crippen LogP contribution in [0.5, 0.6) is 11.5 Å². The minimum absolute atomic E-state index is 0.612. The average Bonchev–Trinajstić information content (AvgIpc) is 2.29. The number of hydrogen-bond donors (Lipinski definition) is 0. The normalized spacial score (nSPS) is 14.3. The molecule has 0 saturated heterocycles. The summed E-state index contributed by atoms with van der Waals surface area (Å²) in [6, 6.07) is 5.93. The van der Waals surface area contributed by atoms with Crippen LogP contribution in [0.4, 0.5) is 0 Å². The zero-order valence-electron chi connectivity index (χ0n) is 7.56. The fourth-order valence-corrected chi connectivity index (χ4v) is 1.67. The second kappa shape index (κ2) is 2.87. The van der Waals surface area contributed by atoms with Crippen LogP contribution >= 0.6 is 0 Å². The highest BCUT2D eigenvalue weighted by molar-refractivity contribution is 5.90. The standard InChI is InChI=1S/C11H9NO2/c1-2-10-11(14-6-5-13-10)9-7-12-4-3-8(1)9/h1-4,7H,5-6H2. The van der Waals surface area contributed by atoms with Crippen LogP contribution in [-0.2, 0) is 0 Å². The number of benzene rings is 1. The lowest BCUT2D eigenvalue weighted by Gasteiger charge is -2.19. The van der Waals surface area contributed by atoms with E-state index in [1.54, 1.807) is 6.20 Å². The second-order valence-electron chi connectivity index (χ2n) is 3.19. The summed E-state index contributed by atoms with van der Waals surface area (Å²) < 4.78 is 11.1. The molecule has 0 spiro atoms. The van der Waals surface area contributed by atoms with E-state index in [-0.39, 0.29) is 0 Å². The summed E-state index contributed by atoms with van der Waals surface area (Å²) in [6.45, 7) is 1.24. The lowest BCUT2D eigenvalue weighted by molar-refractivity contribution is 0.174. The van der Waals surface area contributed by atoms with Gasteiger partial charge in [0.15, 0.2) is 11.5 Å². The van der Waals surface area contributed by atoms with Crippen LogP contribution in [0.3, 0.4) is 0 Å². The summed E-state index contributed by atoms with van der Waals surface area (Å²) in [7, 11) is 0. The van der Waals surface area contributed by atoms with Crippen LogP contribution in [-0.4, -0.2) is 18.2 Å². The van der Waals surface area contributed by atoms with Crippen LogP contribution in [0.2, 0.25) is 0 Å². The van der Waals surface area contributed by atoms with Crippen LogP contribution in [0.15, 0.2) is 30.6 Å². The number of ether oxygens (including phenoxy) is 2. The average molecular weight is 187 g/mol. The van der Waals surface area contributed by atoms with Gasteiger partial charge < -0.3 is 9.47 Å². The lowest BCUT2D eigenvalue weighted by Crippen LogP contribution is -2.15. The van der Waals surface area contributed by atoms with Gasteiger partial charge >= 0.3 is 0 Å². The minimum Gasteiger partial charge on any atom is -0.486 e. The van der Waals surface area contributed by atoms with Crippen molar-refractivity contribution in [1.29, 1.82) is 0 Å². The van der Waals surface area contributed by atoms with E-state index >= 15 is 0 Å². The molecule has 1 aromatic heterocycles. The molecule has 0 fully saturated rings. The van der Waals surface area contributed by atoms with E-state index in [4.69, 9.17) is 9.47 Å². The molecular formula is C11H9NO2. The minimum atomic E-state index is 0.612. The van der Waals surface area contributed by atoms with Crippen molar-refractivity contribution in [1.82, 2.24) is 4.98 Å². The number of pyridine rings is 1. The molecule has 0 saturated carbocycles. The van der Waals surface area contributed by atoms with Gasteiger partial charge in [-0.1, -0.05) is 6.07 Å². The molecule has 0 bridgehead atoms. The highest BCUT2D eigenvalue weighted by Gasteiger charge is 2.14. The van der Waals surface area contributed by atoms with Crippen LogP contribution < -0.4 is 9.47 Å². The maximum absolute atomic E-state index is 5.57. The van der Waals surface area contributed by atoms with Crippen LogP contribution in [0.1, 0.15) is 0 Å². The van der Waals surface area contributed by atoms with E-state index in [0.717, 1.165) is 22.3 Å². The third-order valence-electron chi connectivity index (χ3n) is 2.32. The molecule has 3 rings (SSSR count). The van der Waals surface area contributed by atoms with Gasteiger partial charge in [0.05, 0.1) is 0 Å².